The van der Waals surface area contributed by atoms with E-state index in [-0.39, 0.29) is 36.3 Å². The summed E-state index contributed by atoms with van der Waals surface area (Å²) in [5.41, 5.74) is 1.52. The van der Waals surface area contributed by atoms with Crippen molar-refractivity contribution in [1.82, 2.24) is 5.32 Å². The zero-order chi connectivity index (χ0) is 20.0. The van der Waals surface area contributed by atoms with Crippen molar-refractivity contribution in [2.24, 2.45) is 0 Å². The second-order valence-corrected chi connectivity index (χ2v) is 10.0. The summed E-state index contributed by atoms with van der Waals surface area (Å²) in [4.78, 5) is 25.2. The molecule has 2 aromatic carbocycles. The lowest BCUT2D eigenvalue weighted by atomic mass is 10.2. The molecule has 148 valence electrons. The van der Waals surface area contributed by atoms with E-state index in [9.17, 15) is 18.0 Å². The van der Waals surface area contributed by atoms with Crippen molar-refractivity contribution < 1.29 is 18.0 Å². The highest BCUT2D eigenvalue weighted by molar-refractivity contribution is 8.01. The molecule has 1 unspecified atom stereocenters. The normalized spacial score (nSPS) is 16.1. The number of carbonyl (C=O) groups excluding carboxylic acids is 2. The number of hydrogen-bond acceptors (Lipinski definition) is 5. The van der Waals surface area contributed by atoms with Crippen LogP contribution in [0.4, 0.5) is 5.69 Å². The number of sulfone groups is 1. The first-order valence-corrected chi connectivity index (χ1v) is 11.7. The van der Waals surface area contributed by atoms with Gasteiger partial charge in [-0.15, -0.1) is 11.8 Å². The van der Waals surface area contributed by atoms with Gasteiger partial charge < -0.3 is 10.6 Å². The predicted octanol–water partition coefficient (Wildman–Crippen LogP) is 2.61. The highest BCUT2D eigenvalue weighted by atomic mass is 32.2. The first kappa shape index (κ1) is 20.4. The molecule has 0 fully saturated rings. The molecule has 0 aliphatic carbocycles. The number of benzene rings is 2. The summed E-state index contributed by atoms with van der Waals surface area (Å²) in [6.45, 7) is 0.266. The van der Waals surface area contributed by atoms with Crippen LogP contribution in [-0.4, -0.2) is 37.8 Å². The fourth-order valence-electron chi connectivity index (χ4n) is 2.89. The molecule has 2 aromatic rings. The first-order valence-electron chi connectivity index (χ1n) is 9.00. The van der Waals surface area contributed by atoms with Crippen LogP contribution in [0.15, 0.2) is 59.5 Å². The maximum atomic E-state index is 12.2. The summed E-state index contributed by atoms with van der Waals surface area (Å²) in [5.74, 6) is -0.439. The third kappa shape index (κ3) is 5.84. The summed E-state index contributed by atoms with van der Waals surface area (Å²) in [5, 5.41) is 5.03. The SMILES string of the molecule is O=C(CC1Sc2ccccc2NC1=O)NCCCS(=O)(=O)Cc1ccccc1. The summed E-state index contributed by atoms with van der Waals surface area (Å²) >= 11 is 1.37. The molecular weight excluding hydrogens is 396 g/mol. The third-order valence-corrected chi connectivity index (χ3v) is 7.22. The summed E-state index contributed by atoms with van der Waals surface area (Å²) in [6, 6.07) is 16.5. The van der Waals surface area contributed by atoms with Crippen molar-refractivity contribution in [2.75, 3.05) is 17.6 Å². The molecule has 1 aliphatic heterocycles. The Balaban J connectivity index is 1.41. The Bertz CT molecular complexity index is 946. The van der Waals surface area contributed by atoms with Gasteiger partial charge in [0, 0.05) is 17.9 Å². The van der Waals surface area contributed by atoms with E-state index in [0.717, 1.165) is 16.1 Å². The lowest BCUT2D eigenvalue weighted by Gasteiger charge is -2.23. The van der Waals surface area contributed by atoms with E-state index < -0.39 is 15.1 Å². The molecule has 1 heterocycles. The van der Waals surface area contributed by atoms with Gasteiger partial charge in [0.1, 0.15) is 0 Å². The number of thioether (sulfide) groups is 1. The van der Waals surface area contributed by atoms with E-state index in [1.807, 2.05) is 42.5 Å². The molecule has 28 heavy (non-hydrogen) atoms. The van der Waals surface area contributed by atoms with Crippen molar-refractivity contribution in [1.29, 1.82) is 0 Å². The molecule has 3 rings (SSSR count). The minimum absolute atomic E-state index is 0.0000801. The Labute approximate surface area is 169 Å². The standard InChI is InChI=1S/C20H22N2O4S2/c23-19(13-18-20(24)22-16-9-4-5-10-17(16)27-18)21-11-6-12-28(25,26)14-15-7-2-1-3-8-15/h1-5,7-10,18H,6,11-14H2,(H,21,23)(H,22,24). The van der Waals surface area contributed by atoms with Crippen LogP contribution < -0.4 is 10.6 Å². The van der Waals surface area contributed by atoms with Crippen molar-refractivity contribution in [3.63, 3.8) is 0 Å². The molecule has 0 bridgehead atoms. The van der Waals surface area contributed by atoms with Crippen LogP contribution >= 0.6 is 11.8 Å². The van der Waals surface area contributed by atoms with Gasteiger partial charge in [-0.2, -0.15) is 0 Å². The lowest BCUT2D eigenvalue weighted by molar-refractivity contribution is -0.124. The van der Waals surface area contributed by atoms with Crippen LogP contribution in [0.5, 0.6) is 0 Å². The Morgan fingerprint density at radius 3 is 2.57 bits per heavy atom. The highest BCUT2D eigenvalue weighted by Gasteiger charge is 2.28. The average molecular weight is 419 g/mol. The van der Waals surface area contributed by atoms with Gasteiger partial charge in [0.15, 0.2) is 9.84 Å². The van der Waals surface area contributed by atoms with E-state index in [1.165, 1.54) is 11.8 Å². The fraction of sp³-hybridized carbons (Fsp3) is 0.300. The van der Waals surface area contributed by atoms with Gasteiger partial charge in [-0.25, -0.2) is 8.42 Å². The summed E-state index contributed by atoms with van der Waals surface area (Å²) in [6.07, 6.45) is 0.398. The number of fused-ring (bicyclic) bond motifs is 1. The van der Waals surface area contributed by atoms with Crippen LogP contribution in [0, 0.1) is 0 Å². The second kappa shape index (κ2) is 9.25. The molecule has 0 saturated heterocycles. The van der Waals surface area contributed by atoms with E-state index in [0.29, 0.717) is 6.42 Å². The van der Waals surface area contributed by atoms with Crippen LogP contribution in [0.1, 0.15) is 18.4 Å². The number of nitrogens with one attached hydrogen (secondary N) is 2. The van der Waals surface area contributed by atoms with E-state index in [1.54, 1.807) is 12.1 Å². The van der Waals surface area contributed by atoms with Gasteiger partial charge >= 0.3 is 0 Å². The minimum atomic E-state index is -3.22. The molecule has 0 saturated carbocycles. The quantitative estimate of drug-likeness (QED) is 0.643. The van der Waals surface area contributed by atoms with Gasteiger partial charge in [0.05, 0.1) is 22.4 Å². The molecule has 2 amide bonds. The highest BCUT2D eigenvalue weighted by Crippen LogP contribution is 2.36. The molecule has 6 nitrogen and oxygen atoms in total. The average Bonchev–Trinajstić information content (AvgIpc) is 2.66. The maximum Gasteiger partial charge on any atom is 0.238 e. The predicted molar refractivity (Wildman–Crippen MR) is 111 cm³/mol. The van der Waals surface area contributed by atoms with Crippen molar-refractivity contribution in [3.05, 3.63) is 60.2 Å². The van der Waals surface area contributed by atoms with E-state index >= 15 is 0 Å². The Hall–Kier alpha value is -2.32. The molecule has 8 heteroatoms. The van der Waals surface area contributed by atoms with Crippen molar-refractivity contribution in [2.45, 2.75) is 28.7 Å². The molecule has 0 spiro atoms. The summed E-state index contributed by atoms with van der Waals surface area (Å²) in [7, 11) is -3.22. The number of rotatable bonds is 8. The van der Waals surface area contributed by atoms with Crippen LogP contribution in [-0.2, 0) is 25.2 Å². The second-order valence-electron chi connectivity index (χ2n) is 6.58. The van der Waals surface area contributed by atoms with E-state index in [2.05, 4.69) is 10.6 Å². The van der Waals surface area contributed by atoms with Gasteiger partial charge in [0.2, 0.25) is 11.8 Å². The molecule has 1 aliphatic rings. The third-order valence-electron chi connectivity index (χ3n) is 4.26. The maximum absolute atomic E-state index is 12.2. The van der Waals surface area contributed by atoms with Crippen LogP contribution in [0.2, 0.25) is 0 Å². The van der Waals surface area contributed by atoms with Crippen molar-refractivity contribution in [3.8, 4) is 0 Å². The Kier molecular flexibility index (Phi) is 6.74. The van der Waals surface area contributed by atoms with Crippen LogP contribution in [0.3, 0.4) is 0 Å². The topological polar surface area (TPSA) is 92.3 Å². The lowest BCUT2D eigenvalue weighted by Crippen LogP contribution is -2.35. The largest absolute Gasteiger partial charge is 0.356 e. The zero-order valence-corrected chi connectivity index (χ0v) is 16.9. The zero-order valence-electron chi connectivity index (χ0n) is 15.3. The minimum Gasteiger partial charge on any atom is -0.356 e. The summed E-state index contributed by atoms with van der Waals surface area (Å²) < 4.78 is 24.3. The number of hydrogen-bond donors (Lipinski definition) is 2. The van der Waals surface area contributed by atoms with E-state index in [4.69, 9.17) is 0 Å². The number of anilines is 1. The molecular formula is C20H22N2O4S2. The molecule has 0 radical (unpaired) electrons. The van der Waals surface area contributed by atoms with Gasteiger partial charge in [-0.3, -0.25) is 9.59 Å². The smallest absolute Gasteiger partial charge is 0.238 e. The molecule has 0 aromatic heterocycles. The van der Waals surface area contributed by atoms with Crippen LogP contribution in [0.25, 0.3) is 0 Å². The van der Waals surface area contributed by atoms with Crippen molar-refractivity contribution >= 4 is 39.1 Å². The first-order chi connectivity index (χ1) is 13.4. The Morgan fingerprint density at radius 2 is 1.79 bits per heavy atom. The van der Waals surface area contributed by atoms with Gasteiger partial charge in [-0.1, -0.05) is 42.5 Å². The Morgan fingerprint density at radius 1 is 1.07 bits per heavy atom. The number of para-hydroxylation sites is 1. The van der Waals surface area contributed by atoms with Gasteiger partial charge in [0.25, 0.3) is 0 Å². The fourth-order valence-corrected chi connectivity index (χ4v) is 5.43. The molecule has 1 atom stereocenters. The molecule has 2 N–H and O–H groups in total. The number of amides is 2. The van der Waals surface area contributed by atoms with Gasteiger partial charge in [-0.05, 0) is 24.1 Å². The number of carbonyl (C=O) groups is 2. The monoisotopic (exact) mass is 418 g/mol.